The highest BCUT2D eigenvalue weighted by atomic mass is 32.1. The van der Waals surface area contributed by atoms with Gasteiger partial charge < -0.3 is 14.1 Å². The summed E-state index contributed by atoms with van der Waals surface area (Å²) in [6, 6.07) is 7.42. The third-order valence-corrected chi connectivity index (χ3v) is 5.85. The minimum Gasteiger partial charge on any atom is -0.467 e. The van der Waals surface area contributed by atoms with Crippen LogP contribution in [0.2, 0.25) is 0 Å². The Morgan fingerprint density at radius 1 is 1.48 bits per heavy atom. The molecule has 1 aliphatic carbocycles. The van der Waals surface area contributed by atoms with Gasteiger partial charge in [-0.05, 0) is 48.9 Å². The van der Waals surface area contributed by atoms with Crippen LogP contribution in [0.1, 0.15) is 45.6 Å². The molecule has 2 aromatic rings. The standard InChI is InChI=1S/C20H22N2O4S/c1-14-5-6-17-15(10-14)11-18(27-17)20(24)26-13-19(23)22(8-3-7-21)12-16-4-2-9-25-16/h2,4,9,11,14H,3,5-6,8,10,12-13H2,1H3/t14-/m1/s1. The van der Waals surface area contributed by atoms with E-state index in [4.69, 9.17) is 14.4 Å². The van der Waals surface area contributed by atoms with Crippen molar-refractivity contribution in [1.82, 2.24) is 4.90 Å². The van der Waals surface area contributed by atoms with Crippen molar-refractivity contribution in [2.24, 2.45) is 5.92 Å². The molecule has 27 heavy (non-hydrogen) atoms. The van der Waals surface area contributed by atoms with Crippen LogP contribution >= 0.6 is 11.3 Å². The lowest BCUT2D eigenvalue weighted by Crippen LogP contribution is -2.34. The van der Waals surface area contributed by atoms with E-state index in [1.54, 1.807) is 12.1 Å². The zero-order chi connectivity index (χ0) is 19.2. The maximum Gasteiger partial charge on any atom is 0.348 e. The first-order valence-electron chi connectivity index (χ1n) is 9.02. The van der Waals surface area contributed by atoms with Gasteiger partial charge in [0, 0.05) is 11.4 Å². The van der Waals surface area contributed by atoms with E-state index in [0.29, 0.717) is 16.6 Å². The Morgan fingerprint density at radius 2 is 2.33 bits per heavy atom. The van der Waals surface area contributed by atoms with Crippen LogP contribution in [0.25, 0.3) is 0 Å². The molecule has 142 valence electrons. The van der Waals surface area contributed by atoms with Gasteiger partial charge in [-0.1, -0.05) is 6.92 Å². The highest BCUT2D eigenvalue weighted by Crippen LogP contribution is 2.32. The largest absolute Gasteiger partial charge is 0.467 e. The molecule has 0 radical (unpaired) electrons. The van der Waals surface area contributed by atoms with Crippen molar-refractivity contribution in [1.29, 1.82) is 5.26 Å². The Labute approximate surface area is 162 Å². The summed E-state index contributed by atoms with van der Waals surface area (Å²) in [5.74, 6) is 0.444. The summed E-state index contributed by atoms with van der Waals surface area (Å²) in [5, 5.41) is 8.79. The highest BCUT2D eigenvalue weighted by molar-refractivity contribution is 7.14. The van der Waals surface area contributed by atoms with Gasteiger partial charge in [-0.2, -0.15) is 5.26 Å². The number of furan rings is 1. The van der Waals surface area contributed by atoms with E-state index in [1.807, 2.05) is 12.1 Å². The monoisotopic (exact) mass is 386 g/mol. The molecule has 1 amide bonds. The number of rotatable bonds is 7. The van der Waals surface area contributed by atoms with E-state index in [-0.39, 0.29) is 32.0 Å². The van der Waals surface area contributed by atoms with Crippen LogP contribution in [0.15, 0.2) is 28.9 Å². The minimum absolute atomic E-state index is 0.205. The number of esters is 1. The number of nitrogens with zero attached hydrogens (tertiary/aromatic N) is 2. The predicted octanol–water partition coefficient (Wildman–Crippen LogP) is 3.57. The normalized spacial score (nSPS) is 15.6. The fourth-order valence-corrected chi connectivity index (χ4v) is 4.27. The van der Waals surface area contributed by atoms with Crippen molar-refractivity contribution >= 4 is 23.2 Å². The molecule has 0 saturated carbocycles. The summed E-state index contributed by atoms with van der Waals surface area (Å²) >= 11 is 1.47. The zero-order valence-corrected chi connectivity index (χ0v) is 16.1. The van der Waals surface area contributed by atoms with E-state index in [9.17, 15) is 9.59 Å². The molecule has 0 aromatic carbocycles. The second kappa shape index (κ2) is 8.87. The van der Waals surface area contributed by atoms with Gasteiger partial charge in [-0.3, -0.25) is 4.79 Å². The molecule has 6 nitrogen and oxygen atoms in total. The van der Waals surface area contributed by atoms with Gasteiger partial charge in [-0.15, -0.1) is 11.3 Å². The van der Waals surface area contributed by atoms with Crippen molar-refractivity contribution in [3.63, 3.8) is 0 Å². The molecule has 7 heteroatoms. The first-order valence-corrected chi connectivity index (χ1v) is 9.84. The second-order valence-corrected chi connectivity index (χ2v) is 7.92. The maximum absolute atomic E-state index is 12.4. The van der Waals surface area contributed by atoms with Gasteiger partial charge in [-0.25, -0.2) is 4.79 Å². The summed E-state index contributed by atoms with van der Waals surface area (Å²) < 4.78 is 10.5. The number of hydrogen-bond donors (Lipinski definition) is 0. The number of carbonyl (C=O) groups excluding carboxylic acids is 2. The average Bonchev–Trinajstić information content (AvgIpc) is 3.31. The Bertz CT molecular complexity index is 835. The summed E-state index contributed by atoms with van der Waals surface area (Å²) in [5.41, 5.74) is 1.23. The maximum atomic E-state index is 12.4. The fraction of sp³-hybridized carbons (Fsp3) is 0.450. The first-order chi connectivity index (χ1) is 13.1. The third-order valence-electron chi connectivity index (χ3n) is 4.63. The number of hydrogen-bond acceptors (Lipinski definition) is 6. The summed E-state index contributed by atoms with van der Waals surface area (Å²) in [6.07, 6.45) is 4.86. The lowest BCUT2D eigenvalue weighted by Gasteiger charge is -2.20. The van der Waals surface area contributed by atoms with Gasteiger partial charge in [0.2, 0.25) is 0 Å². The molecule has 1 atom stereocenters. The van der Waals surface area contributed by atoms with E-state index in [0.717, 1.165) is 19.3 Å². The number of thiophene rings is 1. The molecule has 0 fully saturated rings. The zero-order valence-electron chi connectivity index (χ0n) is 15.3. The third kappa shape index (κ3) is 4.98. The van der Waals surface area contributed by atoms with Crippen LogP contribution in [-0.4, -0.2) is 29.9 Å². The Balaban J connectivity index is 1.57. The number of carbonyl (C=O) groups is 2. The molecule has 3 rings (SSSR count). The molecule has 2 heterocycles. The van der Waals surface area contributed by atoms with Gasteiger partial charge in [0.05, 0.1) is 25.3 Å². The van der Waals surface area contributed by atoms with E-state index >= 15 is 0 Å². The Hall–Kier alpha value is -2.59. The summed E-state index contributed by atoms with van der Waals surface area (Å²) in [7, 11) is 0. The van der Waals surface area contributed by atoms with Crippen LogP contribution in [0.5, 0.6) is 0 Å². The molecular formula is C20H22N2O4S. The van der Waals surface area contributed by atoms with Gasteiger partial charge >= 0.3 is 5.97 Å². The van der Waals surface area contributed by atoms with Crippen molar-refractivity contribution in [3.8, 4) is 6.07 Å². The molecule has 0 bridgehead atoms. The van der Waals surface area contributed by atoms with Crippen molar-refractivity contribution in [2.45, 2.75) is 39.2 Å². The van der Waals surface area contributed by atoms with Crippen molar-refractivity contribution in [2.75, 3.05) is 13.2 Å². The first kappa shape index (κ1) is 19.2. The molecule has 0 unspecified atom stereocenters. The molecular weight excluding hydrogens is 364 g/mol. The predicted molar refractivity (Wildman–Crippen MR) is 100 cm³/mol. The summed E-state index contributed by atoms with van der Waals surface area (Å²) in [6.45, 7) is 2.38. The fourth-order valence-electron chi connectivity index (χ4n) is 3.16. The Morgan fingerprint density at radius 3 is 3.07 bits per heavy atom. The molecule has 0 saturated heterocycles. The number of ether oxygens (including phenoxy) is 1. The SMILES string of the molecule is C[C@@H]1CCc2sc(C(=O)OCC(=O)N(CCC#N)Cc3ccco3)cc2C1. The lowest BCUT2D eigenvalue weighted by molar-refractivity contribution is -0.135. The highest BCUT2D eigenvalue weighted by Gasteiger charge is 2.23. The topological polar surface area (TPSA) is 83.5 Å². The number of amides is 1. The van der Waals surface area contributed by atoms with Crippen LogP contribution in [0.3, 0.4) is 0 Å². The smallest absolute Gasteiger partial charge is 0.348 e. The summed E-state index contributed by atoms with van der Waals surface area (Å²) in [4.78, 5) is 28.1. The number of aryl methyl sites for hydroxylation is 1. The molecule has 0 spiro atoms. The van der Waals surface area contributed by atoms with Crippen LogP contribution < -0.4 is 0 Å². The van der Waals surface area contributed by atoms with Gasteiger partial charge in [0.1, 0.15) is 10.6 Å². The van der Waals surface area contributed by atoms with Gasteiger partial charge in [0.25, 0.3) is 5.91 Å². The van der Waals surface area contributed by atoms with E-state index in [1.165, 1.54) is 32.9 Å². The van der Waals surface area contributed by atoms with Crippen LogP contribution in [0.4, 0.5) is 0 Å². The molecule has 1 aliphatic rings. The number of nitriles is 1. The minimum atomic E-state index is -0.464. The van der Waals surface area contributed by atoms with Gasteiger partial charge in [0.15, 0.2) is 6.61 Å². The molecule has 0 aliphatic heterocycles. The van der Waals surface area contributed by atoms with Crippen LogP contribution in [-0.2, 0) is 28.9 Å². The quantitative estimate of drug-likeness (QED) is 0.679. The van der Waals surface area contributed by atoms with Crippen LogP contribution in [0, 0.1) is 17.2 Å². The lowest BCUT2D eigenvalue weighted by atomic mass is 9.90. The second-order valence-electron chi connectivity index (χ2n) is 6.79. The average molecular weight is 386 g/mol. The Kier molecular flexibility index (Phi) is 6.30. The van der Waals surface area contributed by atoms with E-state index in [2.05, 4.69) is 6.92 Å². The number of fused-ring (bicyclic) bond motifs is 1. The van der Waals surface area contributed by atoms with E-state index < -0.39 is 5.97 Å². The van der Waals surface area contributed by atoms with Crippen molar-refractivity contribution < 1.29 is 18.7 Å². The molecule has 0 N–H and O–H groups in total. The molecule has 2 aromatic heterocycles. The van der Waals surface area contributed by atoms with Crippen molar-refractivity contribution in [3.05, 3.63) is 45.5 Å².